The summed E-state index contributed by atoms with van der Waals surface area (Å²) in [5, 5.41) is 6.20. The molecule has 4 amide bonds. The molecule has 0 radical (unpaired) electrons. The molecule has 156 valence electrons. The van der Waals surface area contributed by atoms with Gasteiger partial charge in [-0.2, -0.15) is 0 Å². The van der Waals surface area contributed by atoms with Gasteiger partial charge in [0.15, 0.2) is 0 Å². The highest BCUT2D eigenvalue weighted by Crippen LogP contribution is 2.32. The van der Waals surface area contributed by atoms with E-state index in [0.29, 0.717) is 18.0 Å². The smallest absolute Gasteiger partial charge is 0.325 e. The molecule has 1 heterocycles. The number of rotatable bonds is 6. The molecule has 2 aromatic rings. The van der Waals surface area contributed by atoms with Crippen molar-refractivity contribution in [1.82, 2.24) is 15.5 Å². The van der Waals surface area contributed by atoms with Crippen molar-refractivity contribution in [3.63, 3.8) is 0 Å². The second-order valence-corrected chi connectivity index (χ2v) is 8.45. The van der Waals surface area contributed by atoms with Gasteiger partial charge in [-0.3, -0.25) is 14.5 Å². The molecule has 4 rings (SSSR count). The number of aryl methyl sites for hydroxylation is 2. The normalized spacial score (nSPS) is 20.3. The first-order chi connectivity index (χ1) is 14.4. The van der Waals surface area contributed by atoms with Crippen molar-refractivity contribution in [3.05, 3.63) is 69.7 Å². The summed E-state index contributed by atoms with van der Waals surface area (Å²) in [7, 11) is 0. The predicted molar refractivity (Wildman–Crippen MR) is 114 cm³/mol. The van der Waals surface area contributed by atoms with Crippen LogP contribution >= 0.6 is 11.6 Å². The Morgan fingerprint density at radius 2 is 1.87 bits per heavy atom. The van der Waals surface area contributed by atoms with Crippen LogP contribution in [0.4, 0.5) is 4.79 Å². The van der Waals surface area contributed by atoms with E-state index in [4.69, 9.17) is 11.6 Å². The van der Waals surface area contributed by atoms with Crippen LogP contribution in [0.1, 0.15) is 35.6 Å². The highest BCUT2D eigenvalue weighted by atomic mass is 35.5. The lowest BCUT2D eigenvalue weighted by Gasteiger charge is -2.23. The molecule has 1 unspecified atom stereocenters. The first-order valence-electron chi connectivity index (χ1n) is 10.1. The third-order valence-corrected chi connectivity index (χ3v) is 6.15. The van der Waals surface area contributed by atoms with Gasteiger partial charge in [0.25, 0.3) is 5.91 Å². The molecular formula is C23H24ClN3O3. The first kappa shape index (κ1) is 20.4. The minimum Gasteiger partial charge on any atom is -0.354 e. The van der Waals surface area contributed by atoms with Crippen molar-refractivity contribution in [1.29, 1.82) is 0 Å². The van der Waals surface area contributed by atoms with E-state index in [1.54, 1.807) is 19.1 Å². The van der Waals surface area contributed by atoms with Gasteiger partial charge in [-0.05, 0) is 67.0 Å². The van der Waals surface area contributed by atoms with Gasteiger partial charge >= 0.3 is 6.03 Å². The molecule has 7 heteroatoms. The Morgan fingerprint density at radius 1 is 1.13 bits per heavy atom. The van der Waals surface area contributed by atoms with Crippen LogP contribution in [0.25, 0.3) is 0 Å². The van der Waals surface area contributed by atoms with Crippen LogP contribution in [0.2, 0.25) is 5.02 Å². The zero-order valence-corrected chi connectivity index (χ0v) is 17.6. The summed E-state index contributed by atoms with van der Waals surface area (Å²) in [5.74, 6) is -0.774. The van der Waals surface area contributed by atoms with Crippen LogP contribution in [0.5, 0.6) is 0 Å². The SMILES string of the molecule is CC1(c2ccc3c(c2)CCC3)NC(=O)N(CC(=O)NCCc2ccc(Cl)cc2)C1=O. The Hall–Kier alpha value is -2.86. The second-order valence-electron chi connectivity index (χ2n) is 8.01. The summed E-state index contributed by atoms with van der Waals surface area (Å²) in [6.45, 7) is 1.81. The Morgan fingerprint density at radius 3 is 2.63 bits per heavy atom. The topological polar surface area (TPSA) is 78.5 Å². The Labute approximate surface area is 180 Å². The molecule has 1 aliphatic heterocycles. The van der Waals surface area contributed by atoms with Crippen molar-refractivity contribution in [2.24, 2.45) is 0 Å². The lowest BCUT2D eigenvalue weighted by molar-refractivity contribution is -0.134. The number of amides is 4. The van der Waals surface area contributed by atoms with Gasteiger partial charge < -0.3 is 10.6 Å². The van der Waals surface area contributed by atoms with Gasteiger partial charge in [0.05, 0.1) is 0 Å². The van der Waals surface area contributed by atoms with Crippen LogP contribution < -0.4 is 10.6 Å². The van der Waals surface area contributed by atoms with Crippen LogP contribution in [0, 0.1) is 0 Å². The van der Waals surface area contributed by atoms with Crippen molar-refractivity contribution in [3.8, 4) is 0 Å². The van der Waals surface area contributed by atoms with Gasteiger partial charge in [-0.1, -0.05) is 41.9 Å². The third kappa shape index (κ3) is 3.92. The number of carbonyl (C=O) groups is 3. The third-order valence-electron chi connectivity index (χ3n) is 5.90. The Kier molecular flexibility index (Phi) is 5.52. The summed E-state index contributed by atoms with van der Waals surface area (Å²) >= 11 is 5.87. The number of halogens is 1. The monoisotopic (exact) mass is 425 g/mol. The van der Waals surface area contributed by atoms with Gasteiger partial charge in [-0.15, -0.1) is 0 Å². The number of imide groups is 1. The number of hydrogen-bond donors (Lipinski definition) is 2. The zero-order valence-electron chi connectivity index (χ0n) is 16.8. The quantitative estimate of drug-likeness (QED) is 0.698. The molecule has 0 bridgehead atoms. The van der Waals surface area contributed by atoms with Crippen LogP contribution in [0.3, 0.4) is 0 Å². The molecule has 6 nitrogen and oxygen atoms in total. The number of nitrogens with zero attached hydrogens (tertiary/aromatic N) is 1. The molecule has 0 aromatic heterocycles. The number of fused-ring (bicyclic) bond motifs is 1. The molecule has 0 saturated carbocycles. The maximum absolute atomic E-state index is 13.1. The summed E-state index contributed by atoms with van der Waals surface area (Å²) < 4.78 is 0. The lowest BCUT2D eigenvalue weighted by atomic mass is 9.89. The van der Waals surface area contributed by atoms with Crippen molar-refractivity contribution < 1.29 is 14.4 Å². The van der Waals surface area contributed by atoms with Crippen molar-refractivity contribution in [2.45, 2.75) is 38.1 Å². The molecule has 1 aliphatic carbocycles. The predicted octanol–water partition coefficient (Wildman–Crippen LogP) is 2.95. The van der Waals surface area contributed by atoms with E-state index in [-0.39, 0.29) is 12.5 Å². The number of benzene rings is 2. The molecule has 2 aromatic carbocycles. The fraction of sp³-hybridized carbons (Fsp3) is 0.348. The standard InChI is InChI=1S/C23H24ClN3O3/c1-23(18-8-7-16-3-2-4-17(16)13-18)21(29)27(22(30)26-23)14-20(28)25-12-11-15-5-9-19(24)10-6-15/h5-10,13H,2-4,11-12,14H2,1H3,(H,25,28)(H,26,30). The molecule has 1 atom stereocenters. The van der Waals surface area contributed by atoms with E-state index < -0.39 is 17.5 Å². The highest BCUT2D eigenvalue weighted by Gasteiger charge is 2.49. The molecule has 1 fully saturated rings. The first-order valence-corrected chi connectivity index (χ1v) is 10.5. The fourth-order valence-corrected chi connectivity index (χ4v) is 4.24. The number of urea groups is 1. The van der Waals surface area contributed by atoms with E-state index in [1.165, 1.54) is 11.1 Å². The van der Waals surface area contributed by atoms with Crippen LogP contribution in [-0.4, -0.2) is 35.8 Å². The lowest BCUT2D eigenvalue weighted by Crippen LogP contribution is -2.43. The largest absolute Gasteiger partial charge is 0.354 e. The van der Waals surface area contributed by atoms with E-state index in [2.05, 4.69) is 10.6 Å². The van der Waals surface area contributed by atoms with E-state index in [1.807, 2.05) is 30.3 Å². The minimum absolute atomic E-state index is 0.300. The average Bonchev–Trinajstić information content (AvgIpc) is 3.28. The van der Waals surface area contributed by atoms with E-state index >= 15 is 0 Å². The second kappa shape index (κ2) is 8.11. The van der Waals surface area contributed by atoms with Crippen molar-refractivity contribution in [2.75, 3.05) is 13.1 Å². The molecule has 2 aliphatic rings. The number of nitrogens with one attached hydrogen (secondary N) is 2. The number of carbonyl (C=O) groups excluding carboxylic acids is 3. The maximum atomic E-state index is 13.1. The van der Waals surface area contributed by atoms with Gasteiger partial charge in [0.2, 0.25) is 5.91 Å². The summed E-state index contributed by atoms with van der Waals surface area (Å²) in [4.78, 5) is 38.8. The molecule has 30 heavy (non-hydrogen) atoms. The minimum atomic E-state index is -1.15. The van der Waals surface area contributed by atoms with Crippen molar-refractivity contribution >= 4 is 29.4 Å². The van der Waals surface area contributed by atoms with Gasteiger partial charge in [-0.25, -0.2) is 4.79 Å². The van der Waals surface area contributed by atoms with Crippen LogP contribution in [-0.2, 0) is 34.4 Å². The maximum Gasteiger partial charge on any atom is 0.325 e. The van der Waals surface area contributed by atoms with Crippen LogP contribution in [0.15, 0.2) is 42.5 Å². The van der Waals surface area contributed by atoms with E-state index in [9.17, 15) is 14.4 Å². The summed E-state index contributed by atoms with van der Waals surface area (Å²) in [5.41, 5.74) is 3.18. The van der Waals surface area contributed by atoms with Gasteiger partial charge in [0.1, 0.15) is 12.1 Å². The molecular weight excluding hydrogens is 402 g/mol. The van der Waals surface area contributed by atoms with E-state index in [0.717, 1.165) is 35.3 Å². The zero-order chi connectivity index (χ0) is 21.3. The molecule has 0 spiro atoms. The Bertz CT molecular complexity index is 1010. The molecule has 2 N–H and O–H groups in total. The fourth-order valence-electron chi connectivity index (χ4n) is 4.12. The van der Waals surface area contributed by atoms with Gasteiger partial charge in [0, 0.05) is 11.6 Å². The highest BCUT2D eigenvalue weighted by molar-refractivity contribution is 6.30. The molecule has 1 saturated heterocycles. The summed E-state index contributed by atoms with van der Waals surface area (Å²) in [6, 6.07) is 12.8. The summed E-state index contributed by atoms with van der Waals surface area (Å²) in [6.07, 6.45) is 3.78. The number of hydrogen-bond acceptors (Lipinski definition) is 3. The Balaban J connectivity index is 1.37. The average molecular weight is 426 g/mol.